The summed E-state index contributed by atoms with van der Waals surface area (Å²) in [5.74, 6) is 0.323. The molecule has 0 aliphatic carbocycles. The molecular weight excluding hydrogens is 446 g/mol. The number of carbonyl (C=O) groups excluding carboxylic acids is 3. The highest BCUT2D eigenvalue weighted by Gasteiger charge is 2.43. The maximum absolute atomic E-state index is 12.9. The van der Waals surface area contributed by atoms with Gasteiger partial charge in [0.05, 0.1) is 6.54 Å². The first-order valence-corrected chi connectivity index (χ1v) is 11.5. The summed E-state index contributed by atoms with van der Waals surface area (Å²) < 4.78 is 4.86. The van der Waals surface area contributed by atoms with Crippen LogP contribution in [0.4, 0.5) is 10.5 Å². The molecule has 1 heterocycles. The Morgan fingerprint density at radius 1 is 1.14 bits per heavy atom. The number of urea groups is 1. The molecule has 186 valence electrons. The Morgan fingerprint density at radius 2 is 1.83 bits per heavy atom. The minimum atomic E-state index is -0.813. The second-order valence-corrected chi connectivity index (χ2v) is 9.29. The molecule has 1 atom stereocenters. The van der Waals surface area contributed by atoms with E-state index in [0.29, 0.717) is 36.7 Å². The van der Waals surface area contributed by atoms with Crippen LogP contribution >= 0.6 is 0 Å². The molecule has 0 radical (unpaired) electrons. The summed E-state index contributed by atoms with van der Waals surface area (Å²) in [6.45, 7) is 6.58. The van der Waals surface area contributed by atoms with Crippen molar-refractivity contribution in [2.45, 2.75) is 45.8 Å². The van der Waals surface area contributed by atoms with Gasteiger partial charge in [0.2, 0.25) is 0 Å². The SMILES string of the molecule is COCC(=O)c1cccc(NC(=O)NCc2ccc(CN3C(=O)C(C)(CC(C)C)N=C3N)cc2)c1. The number of hydrogen-bond acceptors (Lipinski definition) is 6. The molecule has 1 aliphatic rings. The molecule has 3 amide bonds. The van der Waals surface area contributed by atoms with E-state index in [1.165, 1.54) is 12.0 Å². The van der Waals surface area contributed by atoms with Crippen LogP contribution in [0.25, 0.3) is 0 Å². The highest BCUT2D eigenvalue weighted by Crippen LogP contribution is 2.29. The molecule has 1 unspecified atom stereocenters. The zero-order chi connectivity index (χ0) is 25.6. The van der Waals surface area contributed by atoms with Gasteiger partial charge in [-0.2, -0.15) is 0 Å². The number of ether oxygens (including phenoxy) is 1. The quantitative estimate of drug-likeness (QED) is 0.451. The number of anilines is 1. The Kier molecular flexibility index (Phi) is 8.24. The first kappa shape index (κ1) is 25.9. The van der Waals surface area contributed by atoms with Gasteiger partial charge in [-0.25, -0.2) is 9.79 Å². The summed E-state index contributed by atoms with van der Waals surface area (Å²) in [4.78, 5) is 43.1. The van der Waals surface area contributed by atoms with E-state index in [-0.39, 0.29) is 30.3 Å². The lowest BCUT2D eigenvalue weighted by Gasteiger charge is -2.23. The van der Waals surface area contributed by atoms with Crippen LogP contribution in [-0.2, 0) is 22.6 Å². The standard InChI is InChI=1S/C26H33N5O4/c1-17(2)13-26(3)23(33)31(24(27)30-26)15-19-10-8-18(9-11-19)14-28-25(34)29-21-7-5-6-20(12-21)22(32)16-35-4/h5-12,17H,13-16H2,1-4H3,(H2,27,30)(H2,28,29,34). The molecule has 0 saturated carbocycles. The molecule has 0 saturated heterocycles. The van der Waals surface area contributed by atoms with Gasteiger partial charge in [-0.05, 0) is 42.5 Å². The first-order chi connectivity index (χ1) is 16.6. The highest BCUT2D eigenvalue weighted by atomic mass is 16.5. The fourth-order valence-electron chi connectivity index (χ4n) is 4.12. The number of amides is 3. The van der Waals surface area contributed by atoms with Gasteiger partial charge in [-0.15, -0.1) is 0 Å². The van der Waals surface area contributed by atoms with E-state index in [1.807, 2.05) is 31.2 Å². The van der Waals surface area contributed by atoms with Crippen LogP contribution in [0.5, 0.6) is 0 Å². The molecule has 3 rings (SSSR count). The summed E-state index contributed by atoms with van der Waals surface area (Å²) in [5.41, 5.74) is 8.03. The Hall–Kier alpha value is -3.72. The molecule has 1 aliphatic heterocycles. The number of nitrogens with one attached hydrogen (secondary N) is 2. The van der Waals surface area contributed by atoms with E-state index < -0.39 is 5.54 Å². The van der Waals surface area contributed by atoms with Crippen LogP contribution in [0.1, 0.15) is 48.7 Å². The van der Waals surface area contributed by atoms with E-state index in [2.05, 4.69) is 29.5 Å². The fraction of sp³-hybridized carbons (Fsp3) is 0.385. The molecule has 0 bridgehead atoms. The molecule has 9 nitrogen and oxygen atoms in total. The van der Waals surface area contributed by atoms with E-state index in [4.69, 9.17) is 10.5 Å². The van der Waals surface area contributed by atoms with Crippen molar-refractivity contribution in [3.63, 3.8) is 0 Å². The number of aliphatic imine (C=N–C) groups is 1. The van der Waals surface area contributed by atoms with Gasteiger partial charge < -0.3 is 21.1 Å². The van der Waals surface area contributed by atoms with E-state index in [1.54, 1.807) is 24.3 Å². The summed E-state index contributed by atoms with van der Waals surface area (Å²) in [7, 11) is 1.46. The third kappa shape index (κ3) is 6.66. The van der Waals surface area contributed by atoms with Crippen LogP contribution in [0.15, 0.2) is 53.5 Å². The Labute approximate surface area is 205 Å². The monoisotopic (exact) mass is 479 g/mol. The number of nitrogens with two attached hydrogens (primary N) is 1. The second kappa shape index (κ2) is 11.1. The first-order valence-electron chi connectivity index (χ1n) is 11.5. The number of Topliss-reactive ketones (excluding diaryl/α,β-unsaturated/α-hetero) is 1. The van der Waals surface area contributed by atoms with Crippen molar-refractivity contribution in [3.8, 4) is 0 Å². The van der Waals surface area contributed by atoms with Gasteiger partial charge in [0.1, 0.15) is 12.1 Å². The summed E-state index contributed by atoms with van der Waals surface area (Å²) in [6.07, 6.45) is 0.642. The zero-order valence-corrected chi connectivity index (χ0v) is 20.6. The number of benzene rings is 2. The number of guanidine groups is 1. The fourth-order valence-corrected chi connectivity index (χ4v) is 4.12. The molecule has 0 spiro atoms. The molecule has 4 N–H and O–H groups in total. The van der Waals surface area contributed by atoms with Crippen LogP contribution in [0.2, 0.25) is 0 Å². The number of ketones is 1. The van der Waals surface area contributed by atoms with Gasteiger partial charge in [0.25, 0.3) is 5.91 Å². The van der Waals surface area contributed by atoms with Crippen LogP contribution in [0.3, 0.4) is 0 Å². The van der Waals surface area contributed by atoms with Gasteiger partial charge in [0.15, 0.2) is 11.7 Å². The van der Waals surface area contributed by atoms with Gasteiger partial charge in [-0.3, -0.25) is 14.5 Å². The van der Waals surface area contributed by atoms with E-state index in [0.717, 1.165) is 11.1 Å². The van der Waals surface area contributed by atoms with E-state index >= 15 is 0 Å². The average Bonchev–Trinajstić information content (AvgIpc) is 3.01. The lowest BCUT2D eigenvalue weighted by molar-refractivity contribution is -0.131. The Morgan fingerprint density at radius 3 is 2.49 bits per heavy atom. The lowest BCUT2D eigenvalue weighted by Crippen LogP contribution is -2.43. The molecule has 2 aromatic rings. The molecular formula is C26H33N5O4. The van der Waals surface area contributed by atoms with Crippen molar-refractivity contribution in [3.05, 3.63) is 65.2 Å². The minimum Gasteiger partial charge on any atom is -0.377 e. The maximum Gasteiger partial charge on any atom is 0.319 e. The topological polar surface area (TPSA) is 126 Å². The Balaban J connectivity index is 1.53. The minimum absolute atomic E-state index is 0.0196. The van der Waals surface area contributed by atoms with Gasteiger partial charge >= 0.3 is 6.03 Å². The molecule has 35 heavy (non-hydrogen) atoms. The summed E-state index contributed by atoms with van der Waals surface area (Å²) >= 11 is 0. The number of methoxy groups -OCH3 is 1. The number of rotatable bonds is 10. The lowest BCUT2D eigenvalue weighted by atomic mass is 9.91. The van der Waals surface area contributed by atoms with Crippen molar-refractivity contribution < 1.29 is 19.1 Å². The molecule has 0 fully saturated rings. The smallest absolute Gasteiger partial charge is 0.319 e. The van der Waals surface area contributed by atoms with E-state index in [9.17, 15) is 14.4 Å². The molecule has 0 aromatic heterocycles. The highest BCUT2D eigenvalue weighted by molar-refractivity contribution is 6.06. The third-order valence-corrected chi connectivity index (χ3v) is 5.68. The van der Waals surface area contributed by atoms with Gasteiger partial charge in [0, 0.05) is 24.9 Å². The summed E-state index contributed by atoms with van der Waals surface area (Å²) in [5, 5.41) is 5.52. The molecule has 9 heteroatoms. The average molecular weight is 480 g/mol. The number of nitrogens with zero attached hydrogens (tertiary/aromatic N) is 2. The van der Waals surface area contributed by atoms with Crippen LogP contribution in [-0.4, -0.2) is 47.8 Å². The zero-order valence-electron chi connectivity index (χ0n) is 20.6. The van der Waals surface area contributed by atoms with Crippen molar-refractivity contribution in [2.24, 2.45) is 16.6 Å². The van der Waals surface area contributed by atoms with Crippen LogP contribution < -0.4 is 16.4 Å². The second-order valence-electron chi connectivity index (χ2n) is 9.29. The predicted octanol–water partition coefficient (Wildman–Crippen LogP) is 3.30. The van der Waals surface area contributed by atoms with Crippen molar-refractivity contribution in [2.75, 3.05) is 19.0 Å². The number of carbonyl (C=O) groups is 3. The predicted molar refractivity (Wildman–Crippen MR) is 135 cm³/mol. The third-order valence-electron chi connectivity index (χ3n) is 5.68. The largest absolute Gasteiger partial charge is 0.377 e. The van der Waals surface area contributed by atoms with Crippen LogP contribution in [0, 0.1) is 5.92 Å². The molecule has 2 aromatic carbocycles. The van der Waals surface area contributed by atoms with Gasteiger partial charge in [-0.1, -0.05) is 50.2 Å². The Bertz CT molecular complexity index is 1110. The van der Waals surface area contributed by atoms with Crippen molar-refractivity contribution in [1.82, 2.24) is 10.2 Å². The van der Waals surface area contributed by atoms with Crippen molar-refractivity contribution >= 4 is 29.4 Å². The normalized spacial score (nSPS) is 17.5. The van der Waals surface area contributed by atoms with Crippen molar-refractivity contribution in [1.29, 1.82) is 0 Å². The number of hydrogen-bond donors (Lipinski definition) is 3. The summed E-state index contributed by atoms with van der Waals surface area (Å²) in [6, 6.07) is 13.9. The maximum atomic E-state index is 12.9.